The zero-order valence-electron chi connectivity index (χ0n) is 10.6. The molecule has 2 N–H and O–H groups in total. The molecule has 0 bridgehead atoms. The number of hydrogen-bond donors (Lipinski definition) is 2. The number of nitrogens with one attached hydrogen (secondary N) is 1. The minimum absolute atomic E-state index is 0.195. The van der Waals surface area contributed by atoms with Crippen LogP contribution in [0.1, 0.15) is 49.7 Å². The Morgan fingerprint density at radius 2 is 2.29 bits per heavy atom. The lowest BCUT2D eigenvalue weighted by Gasteiger charge is -2.17. The molecule has 0 amide bonds. The van der Waals surface area contributed by atoms with Gasteiger partial charge in [-0.2, -0.15) is 0 Å². The summed E-state index contributed by atoms with van der Waals surface area (Å²) in [7, 11) is 0. The summed E-state index contributed by atoms with van der Waals surface area (Å²) >= 11 is 1.78. The highest BCUT2D eigenvalue weighted by Crippen LogP contribution is 2.41. The van der Waals surface area contributed by atoms with Crippen molar-refractivity contribution >= 4 is 11.3 Å². The van der Waals surface area contributed by atoms with Crippen LogP contribution in [-0.2, 0) is 6.54 Å². The first-order valence-electron chi connectivity index (χ1n) is 6.47. The van der Waals surface area contributed by atoms with Gasteiger partial charge in [0, 0.05) is 23.9 Å². The van der Waals surface area contributed by atoms with Gasteiger partial charge >= 0.3 is 0 Å². The van der Waals surface area contributed by atoms with Crippen LogP contribution in [-0.4, -0.2) is 22.7 Å². The second-order valence-electron chi connectivity index (χ2n) is 5.34. The van der Waals surface area contributed by atoms with Gasteiger partial charge in [0.2, 0.25) is 0 Å². The fourth-order valence-corrected chi connectivity index (χ4v) is 2.95. The number of aliphatic hydroxyl groups is 1. The first-order chi connectivity index (χ1) is 8.19. The van der Waals surface area contributed by atoms with Gasteiger partial charge in [0.1, 0.15) is 0 Å². The maximum atomic E-state index is 9.28. The van der Waals surface area contributed by atoms with Crippen molar-refractivity contribution in [1.29, 1.82) is 0 Å². The van der Waals surface area contributed by atoms with Crippen LogP contribution in [0.4, 0.5) is 0 Å². The molecule has 1 aromatic heterocycles. The third-order valence-corrected chi connectivity index (χ3v) is 4.10. The van der Waals surface area contributed by atoms with E-state index in [9.17, 15) is 5.11 Å². The van der Waals surface area contributed by atoms with Crippen LogP contribution in [0.15, 0.2) is 5.38 Å². The van der Waals surface area contributed by atoms with Gasteiger partial charge in [-0.3, -0.25) is 0 Å². The zero-order valence-corrected chi connectivity index (χ0v) is 11.5. The summed E-state index contributed by atoms with van der Waals surface area (Å²) in [6, 6.07) is 0.195. The van der Waals surface area contributed by atoms with Gasteiger partial charge in [-0.1, -0.05) is 13.8 Å². The lowest BCUT2D eigenvalue weighted by atomic mass is 10.0. The summed E-state index contributed by atoms with van der Waals surface area (Å²) < 4.78 is 0. The van der Waals surface area contributed by atoms with E-state index in [1.54, 1.807) is 11.3 Å². The second kappa shape index (κ2) is 5.94. The molecular formula is C13H22N2OS. The first-order valence-corrected chi connectivity index (χ1v) is 7.35. The zero-order chi connectivity index (χ0) is 12.3. The smallest absolute Gasteiger partial charge is 0.0959 e. The van der Waals surface area contributed by atoms with E-state index >= 15 is 0 Å². The summed E-state index contributed by atoms with van der Waals surface area (Å²) in [5.74, 6) is 1.36. The Morgan fingerprint density at radius 1 is 1.53 bits per heavy atom. The Morgan fingerprint density at radius 3 is 2.88 bits per heavy atom. The Labute approximate surface area is 107 Å². The summed E-state index contributed by atoms with van der Waals surface area (Å²) in [4.78, 5) is 4.63. The topological polar surface area (TPSA) is 45.1 Å². The molecule has 1 aliphatic rings. The number of thiazole rings is 1. The molecule has 2 rings (SSSR count). The molecule has 1 aliphatic carbocycles. The third-order valence-electron chi connectivity index (χ3n) is 3.04. The molecule has 0 spiro atoms. The molecule has 0 aliphatic heterocycles. The minimum atomic E-state index is 0.195. The van der Waals surface area contributed by atoms with Gasteiger partial charge in [0.05, 0.1) is 17.3 Å². The summed E-state index contributed by atoms with van der Waals surface area (Å²) in [6.07, 6.45) is 3.64. The number of aromatic nitrogens is 1. The predicted octanol–water partition coefficient (Wildman–Crippen LogP) is 2.52. The maximum absolute atomic E-state index is 9.28. The van der Waals surface area contributed by atoms with Crippen molar-refractivity contribution in [3.05, 3.63) is 16.1 Å². The lowest BCUT2D eigenvalue weighted by molar-refractivity contribution is 0.223. The lowest BCUT2D eigenvalue weighted by Crippen LogP contribution is -2.33. The third kappa shape index (κ3) is 4.05. The normalized spacial score (nSPS) is 17.6. The fraction of sp³-hybridized carbons (Fsp3) is 0.769. The molecule has 0 saturated heterocycles. The van der Waals surface area contributed by atoms with Crippen molar-refractivity contribution in [1.82, 2.24) is 10.3 Å². The van der Waals surface area contributed by atoms with Crippen molar-refractivity contribution in [2.75, 3.05) is 6.61 Å². The molecule has 3 nitrogen and oxygen atoms in total. The van der Waals surface area contributed by atoms with Crippen molar-refractivity contribution in [3.8, 4) is 0 Å². The average Bonchev–Trinajstić information content (AvgIpc) is 3.04. The van der Waals surface area contributed by atoms with Gasteiger partial charge in [0.25, 0.3) is 0 Å². The summed E-state index contributed by atoms with van der Waals surface area (Å²) in [5.41, 5.74) is 1.12. The Hall–Kier alpha value is -0.450. The van der Waals surface area contributed by atoms with Gasteiger partial charge in [-0.05, 0) is 25.2 Å². The molecule has 96 valence electrons. The van der Waals surface area contributed by atoms with Crippen molar-refractivity contribution in [2.45, 2.75) is 51.6 Å². The van der Waals surface area contributed by atoms with Crippen LogP contribution in [0.25, 0.3) is 0 Å². The van der Waals surface area contributed by atoms with Crippen molar-refractivity contribution in [3.63, 3.8) is 0 Å². The molecule has 1 heterocycles. The van der Waals surface area contributed by atoms with E-state index < -0.39 is 0 Å². The highest BCUT2D eigenvalue weighted by molar-refractivity contribution is 7.09. The van der Waals surface area contributed by atoms with Gasteiger partial charge in [0.15, 0.2) is 0 Å². The van der Waals surface area contributed by atoms with Gasteiger partial charge in [-0.25, -0.2) is 4.98 Å². The molecule has 1 aromatic rings. The molecular weight excluding hydrogens is 232 g/mol. The van der Waals surface area contributed by atoms with Gasteiger partial charge < -0.3 is 10.4 Å². The van der Waals surface area contributed by atoms with Crippen LogP contribution >= 0.6 is 11.3 Å². The van der Waals surface area contributed by atoms with Crippen molar-refractivity contribution < 1.29 is 5.11 Å². The van der Waals surface area contributed by atoms with E-state index in [0.29, 0.717) is 5.92 Å². The molecule has 1 saturated carbocycles. The molecule has 1 unspecified atom stereocenters. The van der Waals surface area contributed by atoms with E-state index in [1.807, 2.05) is 0 Å². The Kier molecular flexibility index (Phi) is 4.54. The summed E-state index contributed by atoms with van der Waals surface area (Å²) in [5, 5.41) is 16.1. The molecule has 0 aromatic carbocycles. The van der Waals surface area contributed by atoms with E-state index in [1.165, 1.54) is 17.8 Å². The molecule has 0 radical (unpaired) electrons. The number of rotatable bonds is 7. The molecule has 1 fully saturated rings. The van der Waals surface area contributed by atoms with Crippen molar-refractivity contribution in [2.24, 2.45) is 5.92 Å². The SMILES string of the molecule is CC(C)CC(CO)NCc1csc(C2CC2)n1. The largest absolute Gasteiger partial charge is 0.395 e. The van der Waals surface area contributed by atoms with E-state index in [2.05, 4.69) is 29.5 Å². The maximum Gasteiger partial charge on any atom is 0.0959 e. The van der Waals surface area contributed by atoms with Crippen LogP contribution in [0.5, 0.6) is 0 Å². The van der Waals surface area contributed by atoms with Crippen LogP contribution in [0.2, 0.25) is 0 Å². The highest BCUT2D eigenvalue weighted by Gasteiger charge is 2.26. The van der Waals surface area contributed by atoms with Crippen LogP contribution < -0.4 is 5.32 Å². The van der Waals surface area contributed by atoms with Crippen LogP contribution in [0.3, 0.4) is 0 Å². The van der Waals surface area contributed by atoms with E-state index in [0.717, 1.165) is 24.6 Å². The highest BCUT2D eigenvalue weighted by atomic mass is 32.1. The standard InChI is InChI=1S/C13H22N2OS/c1-9(2)5-11(7-16)14-6-12-8-17-13(15-12)10-3-4-10/h8-11,14,16H,3-7H2,1-2H3. The number of nitrogens with zero attached hydrogens (tertiary/aromatic N) is 1. The molecule has 1 atom stereocenters. The average molecular weight is 254 g/mol. The predicted molar refractivity (Wildman–Crippen MR) is 71.3 cm³/mol. The van der Waals surface area contributed by atoms with Crippen LogP contribution in [0, 0.1) is 5.92 Å². The van der Waals surface area contributed by atoms with Gasteiger partial charge in [-0.15, -0.1) is 11.3 Å². The minimum Gasteiger partial charge on any atom is -0.395 e. The summed E-state index contributed by atoms with van der Waals surface area (Å²) in [6.45, 7) is 5.34. The van der Waals surface area contributed by atoms with E-state index in [-0.39, 0.29) is 12.6 Å². The Balaban J connectivity index is 1.78. The number of aliphatic hydroxyl groups excluding tert-OH is 1. The monoisotopic (exact) mass is 254 g/mol. The Bertz CT molecular complexity index is 347. The molecule has 17 heavy (non-hydrogen) atoms. The van der Waals surface area contributed by atoms with E-state index in [4.69, 9.17) is 0 Å². The first kappa shape index (κ1) is 13.0. The fourth-order valence-electron chi connectivity index (χ4n) is 1.96. The quantitative estimate of drug-likeness (QED) is 0.786. The second-order valence-corrected chi connectivity index (χ2v) is 6.23. The number of hydrogen-bond acceptors (Lipinski definition) is 4. The molecule has 4 heteroatoms.